The predicted octanol–water partition coefficient (Wildman–Crippen LogP) is 3.19. The van der Waals surface area contributed by atoms with Crippen molar-refractivity contribution in [3.63, 3.8) is 0 Å². The molecular weight excluding hydrogens is 403 g/mol. The summed E-state index contributed by atoms with van der Waals surface area (Å²) in [6, 6.07) is 0. The van der Waals surface area contributed by atoms with E-state index in [0.717, 1.165) is 30.8 Å². The van der Waals surface area contributed by atoms with Crippen LogP contribution in [0.25, 0.3) is 0 Å². The van der Waals surface area contributed by atoms with E-state index < -0.39 is 0 Å². The highest BCUT2D eigenvalue weighted by atomic mass is 127. The second-order valence-electron chi connectivity index (χ2n) is 5.98. The number of nitrogens with zero attached hydrogens (tertiary/aromatic N) is 4. The van der Waals surface area contributed by atoms with Crippen LogP contribution in [0.3, 0.4) is 0 Å². The number of nitrogens with one attached hydrogen (secondary N) is 2. The molecule has 0 bridgehead atoms. The summed E-state index contributed by atoms with van der Waals surface area (Å²) in [7, 11) is 1.79. The Hall–Kier alpha value is -0.860. The lowest BCUT2D eigenvalue weighted by Crippen LogP contribution is -2.37. The van der Waals surface area contributed by atoms with E-state index in [2.05, 4.69) is 46.6 Å². The maximum atomic E-state index is 4.24. The zero-order chi connectivity index (χ0) is 16.2. The zero-order valence-corrected chi connectivity index (χ0v) is 17.3. The van der Waals surface area contributed by atoms with Gasteiger partial charge in [0.1, 0.15) is 6.33 Å². The third-order valence-electron chi connectivity index (χ3n) is 3.67. The van der Waals surface area contributed by atoms with Crippen molar-refractivity contribution in [3.05, 3.63) is 12.2 Å². The summed E-state index contributed by atoms with van der Waals surface area (Å²) >= 11 is 0. The van der Waals surface area contributed by atoms with Crippen LogP contribution in [0, 0.1) is 5.92 Å². The number of unbranched alkanes of at least 4 members (excludes halogenated alkanes) is 3. The Labute approximate surface area is 158 Å². The van der Waals surface area contributed by atoms with Crippen molar-refractivity contribution in [3.8, 4) is 0 Å². The van der Waals surface area contributed by atoms with Crippen LogP contribution in [0.2, 0.25) is 0 Å². The van der Waals surface area contributed by atoms with Crippen LogP contribution >= 0.6 is 24.0 Å². The largest absolute Gasteiger partial charge is 0.356 e. The first-order valence-corrected chi connectivity index (χ1v) is 8.48. The molecule has 0 aliphatic rings. The third-order valence-corrected chi connectivity index (χ3v) is 3.67. The molecule has 1 aromatic heterocycles. The fourth-order valence-corrected chi connectivity index (χ4v) is 2.30. The van der Waals surface area contributed by atoms with Crippen molar-refractivity contribution in [1.29, 1.82) is 0 Å². The summed E-state index contributed by atoms with van der Waals surface area (Å²) in [4.78, 5) is 4.24. The van der Waals surface area contributed by atoms with Gasteiger partial charge in [-0.05, 0) is 19.3 Å². The quantitative estimate of drug-likeness (QED) is 0.256. The van der Waals surface area contributed by atoms with Crippen LogP contribution in [0.4, 0.5) is 0 Å². The second kappa shape index (κ2) is 13.6. The van der Waals surface area contributed by atoms with Crippen LogP contribution < -0.4 is 10.6 Å². The van der Waals surface area contributed by atoms with Crippen LogP contribution in [-0.2, 0) is 13.1 Å². The van der Waals surface area contributed by atoms with Crippen LogP contribution in [0.5, 0.6) is 0 Å². The number of aromatic nitrogens is 3. The minimum atomic E-state index is 0. The van der Waals surface area contributed by atoms with E-state index in [4.69, 9.17) is 0 Å². The molecule has 0 unspecified atom stereocenters. The van der Waals surface area contributed by atoms with Gasteiger partial charge in [0, 0.05) is 20.1 Å². The highest BCUT2D eigenvalue weighted by Gasteiger charge is 2.03. The monoisotopic (exact) mass is 436 g/mol. The van der Waals surface area contributed by atoms with Gasteiger partial charge in [-0.2, -0.15) is 0 Å². The summed E-state index contributed by atoms with van der Waals surface area (Å²) in [6.07, 6.45) is 8.23. The summed E-state index contributed by atoms with van der Waals surface area (Å²) in [6.45, 7) is 9.14. The molecule has 0 aliphatic heterocycles. The number of aliphatic imine (C=N–C) groups is 1. The van der Waals surface area contributed by atoms with Crippen molar-refractivity contribution in [2.75, 3.05) is 13.6 Å². The van der Waals surface area contributed by atoms with Gasteiger partial charge in [-0.1, -0.05) is 39.5 Å². The molecule has 0 atom stereocenters. The first kappa shape index (κ1) is 22.1. The molecule has 0 aliphatic carbocycles. The SMILES string of the molecule is CCn1cnnc1CNC(=NC)NCCCCCCC(C)C.I. The molecule has 0 spiro atoms. The second-order valence-corrected chi connectivity index (χ2v) is 5.98. The lowest BCUT2D eigenvalue weighted by atomic mass is 10.0. The number of rotatable bonds is 10. The van der Waals surface area contributed by atoms with Gasteiger partial charge in [-0.15, -0.1) is 34.2 Å². The molecule has 23 heavy (non-hydrogen) atoms. The Morgan fingerprint density at radius 2 is 1.96 bits per heavy atom. The van der Waals surface area contributed by atoms with E-state index in [0.29, 0.717) is 6.54 Å². The van der Waals surface area contributed by atoms with Crippen molar-refractivity contribution >= 4 is 29.9 Å². The van der Waals surface area contributed by atoms with Gasteiger partial charge in [0.2, 0.25) is 0 Å². The standard InChI is InChI=1S/C16H32N6.HI/c1-5-22-13-20-21-15(22)12-19-16(17-4)18-11-9-7-6-8-10-14(2)3;/h13-14H,5-12H2,1-4H3,(H2,17,18,19);1H. The Balaban J connectivity index is 0.00000484. The van der Waals surface area contributed by atoms with Crippen molar-refractivity contribution < 1.29 is 0 Å². The molecule has 1 rings (SSSR count). The Morgan fingerprint density at radius 3 is 2.61 bits per heavy atom. The predicted molar refractivity (Wildman–Crippen MR) is 107 cm³/mol. The number of halogens is 1. The van der Waals surface area contributed by atoms with Crippen LogP contribution in [0.1, 0.15) is 58.7 Å². The summed E-state index contributed by atoms with van der Waals surface area (Å²) in [5.74, 6) is 2.58. The maximum absolute atomic E-state index is 4.24. The highest BCUT2D eigenvalue weighted by molar-refractivity contribution is 14.0. The fourth-order valence-electron chi connectivity index (χ4n) is 2.30. The van der Waals surface area contributed by atoms with Crippen LogP contribution in [0.15, 0.2) is 11.3 Å². The summed E-state index contributed by atoms with van der Waals surface area (Å²) in [5.41, 5.74) is 0. The number of guanidine groups is 1. The van der Waals surface area contributed by atoms with Crippen molar-refractivity contribution in [2.45, 2.75) is 66.0 Å². The van der Waals surface area contributed by atoms with Gasteiger partial charge >= 0.3 is 0 Å². The molecule has 0 aromatic carbocycles. The van der Waals surface area contributed by atoms with E-state index in [1.807, 2.05) is 4.57 Å². The average Bonchev–Trinajstić information content (AvgIpc) is 2.96. The Morgan fingerprint density at radius 1 is 1.22 bits per heavy atom. The summed E-state index contributed by atoms with van der Waals surface area (Å²) < 4.78 is 2.02. The van der Waals surface area contributed by atoms with E-state index in [1.165, 1.54) is 32.1 Å². The topological polar surface area (TPSA) is 67.1 Å². The zero-order valence-electron chi connectivity index (χ0n) is 15.0. The Kier molecular flexibility index (Phi) is 13.1. The van der Waals surface area contributed by atoms with Gasteiger partial charge in [-0.3, -0.25) is 4.99 Å². The van der Waals surface area contributed by atoms with E-state index in [9.17, 15) is 0 Å². The molecule has 2 N–H and O–H groups in total. The molecule has 0 amide bonds. The molecule has 6 nitrogen and oxygen atoms in total. The minimum absolute atomic E-state index is 0. The average molecular weight is 436 g/mol. The number of aryl methyl sites for hydroxylation is 1. The molecule has 134 valence electrons. The first-order valence-electron chi connectivity index (χ1n) is 8.48. The van der Waals surface area contributed by atoms with Crippen molar-refractivity contribution in [2.24, 2.45) is 10.9 Å². The van der Waals surface area contributed by atoms with Gasteiger partial charge in [0.15, 0.2) is 11.8 Å². The third kappa shape index (κ3) is 9.78. The maximum Gasteiger partial charge on any atom is 0.191 e. The molecule has 0 saturated heterocycles. The molecule has 1 aromatic rings. The summed E-state index contributed by atoms with van der Waals surface area (Å²) in [5, 5.41) is 14.7. The van der Waals surface area contributed by atoms with E-state index in [1.54, 1.807) is 13.4 Å². The van der Waals surface area contributed by atoms with Gasteiger partial charge < -0.3 is 15.2 Å². The number of hydrogen-bond donors (Lipinski definition) is 2. The van der Waals surface area contributed by atoms with Crippen molar-refractivity contribution in [1.82, 2.24) is 25.4 Å². The molecule has 1 heterocycles. The van der Waals surface area contributed by atoms with Crippen LogP contribution in [-0.4, -0.2) is 34.3 Å². The fraction of sp³-hybridized carbons (Fsp3) is 0.812. The van der Waals surface area contributed by atoms with E-state index in [-0.39, 0.29) is 24.0 Å². The van der Waals surface area contributed by atoms with Gasteiger partial charge in [-0.25, -0.2) is 0 Å². The Bertz CT molecular complexity index is 430. The van der Waals surface area contributed by atoms with E-state index >= 15 is 0 Å². The van der Waals surface area contributed by atoms with Gasteiger partial charge in [0.05, 0.1) is 6.54 Å². The molecule has 0 radical (unpaired) electrons. The lowest BCUT2D eigenvalue weighted by Gasteiger charge is -2.12. The molecule has 7 heteroatoms. The lowest BCUT2D eigenvalue weighted by molar-refractivity contribution is 0.518. The smallest absolute Gasteiger partial charge is 0.191 e. The first-order chi connectivity index (χ1) is 10.7. The normalized spacial score (nSPS) is 11.4. The molecular formula is C16H33IN6. The highest BCUT2D eigenvalue weighted by Crippen LogP contribution is 2.08. The molecule has 0 fully saturated rings. The number of hydrogen-bond acceptors (Lipinski definition) is 3. The molecule has 0 saturated carbocycles. The minimum Gasteiger partial charge on any atom is -0.356 e. The van der Waals surface area contributed by atoms with Gasteiger partial charge in [0.25, 0.3) is 0 Å².